The Kier molecular flexibility index (Phi) is 5.13. The first kappa shape index (κ1) is 19.7. The lowest BCUT2D eigenvalue weighted by Gasteiger charge is -2.32. The van der Waals surface area contributed by atoms with Gasteiger partial charge in [-0.3, -0.25) is 14.5 Å². The van der Waals surface area contributed by atoms with Crippen molar-refractivity contribution in [3.8, 4) is 27.6 Å². The van der Waals surface area contributed by atoms with Crippen molar-refractivity contribution in [2.24, 2.45) is 0 Å². The smallest absolute Gasteiger partial charge is 0.268 e. The number of fused-ring (bicyclic) bond motifs is 1. The van der Waals surface area contributed by atoms with Crippen molar-refractivity contribution in [2.75, 3.05) is 11.4 Å². The SMILES string of the molecule is CC1Oc2ccc(-c3csc(-c4ccccc4)n3)cc2N(CC(=O)c2cccs2)C1=O. The zero-order chi connectivity index (χ0) is 21.4. The fourth-order valence-electron chi connectivity index (χ4n) is 3.51. The summed E-state index contributed by atoms with van der Waals surface area (Å²) in [5, 5.41) is 4.79. The molecule has 31 heavy (non-hydrogen) atoms. The van der Waals surface area contributed by atoms with Crippen LogP contribution >= 0.6 is 22.7 Å². The standard InChI is InChI=1S/C24H18N2O3S2/c1-15-24(28)26(13-20(27)22-8-5-11-30-22)19-12-17(9-10-21(19)29-15)18-14-31-23(25-18)16-6-3-2-4-7-16/h2-12,14-15H,13H2,1H3. The van der Waals surface area contributed by atoms with Crippen LogP contribution in [0.2, 0.25) is 0 Å². The number of ether oxygens (including phenoxy) is 1. The van der Waals surface area contributed by atoms with Crippen LogP contribution in [-0.2, 0) is 4.79 Å². The van der Waals surface area contributed by atoms with Crippen LogP contribution in [-0.4, -0.2) is 29.3 Å². The van der Waals surface area contributed by atoms with Crippen LogP contribution in [0.5, 0.6) is 5.75 Å². The first-order chi connectivity index (χ1) is 15.1. The second kappa shape index (κ2) is 8.09. The molecule has 1 amide bonds. The van der Waals surface area contributed by atoms with Gasteiger partial charge in [0.25, 0.3) is 5.91 Å². The molecule has 1 aliphatic rings. The molecule has 0 spiro atoms. The summed E-state index contributed by atoms with van der Waals surface area (Å²) in [7, 11) is 0. The third-order valence-electron chi connectivity index (χ3n) is 5.09. The van der Waals surface area contributed by atoms with Crippen LogP contribution in [0.4, 0.5) is 5.69 Å². The van der Waals surface area contributed by atoms with Crippen molar-refractivity contribution >= 4 is 40.1 Å². The van der Waals surface area contributed by atoms with Crippen LogP contribution in [0.25, 0.3) is 21.8 Å². The fourth-order valence-corrected chi connectivity index (χ4v) is 5.00. The highest BCUT2D eigenvalue weighted by Gasteiger charge is 2.33. The number of carbonyl (C=O) groups is 2. The summed E-state index contributed by atoms with van der Waals surface area (Å²) in [4.78, 5) is 32.5. The van der Waals surface area contributed by atoms with E-state index in [1.54, 1.807) is 24.3 Å². The molecule has 4 aromatic rings. The summed E-state index contributed by atoms with van der Waals surface area (Å²) in [6.45, 7) is 1.68. The monoisotopic (exact) mass is 446 g/mol. The Hall–Kier alpha value is -3.29. The van der Waals surface area contributed by atoms with Crippen molar-refractivity contribution in [1.82, 2.24) is 4.98 Å². The highest BCUT2D eigenvalue weighted by Crippen LogP contribution is 2.38. The van der Waals surface area contributed by atoms with Gasteiger partial charge >= 0.3 is 0 Å². The Morgan fingerprint density at radius 1 is 1.06 bits per heavy atom. The molecule has 2 aromatic heterocycles. The lowest BCUT2D eigenvalue weighted by Crippen LogP contribution is -2.46. The Bertz CT molecular complexity index is 1250. The molecule has 0 bridgehead atoms. The molecule has 0 saturated carbocycles. The molecule has 0 aliphatic carbocycles. The van der Waals surface area contributed by atoms with Crippen molar-refractivity contribution < 1.29 is 14.3 Å². The van der Waals surface area contributed by atoms with Gasteiger partial charge in [-0.2, -0.15) is 0 Å². The molecule has 1 atom stereocenters. The maximum absolute atomic E-state index is 12.9. The molecular formula is C24H18N2O3S2. The van der Waals surface area contributed by atoms with Gasteiger partial charge in [0.1, 0.15) is 10.8 Å². The number of rotatable bonds is 5. The van der Waals surface area contributed by atoms with Gasteiger partial charge in [0.2, 0.25) is 0 Å². The zero-order valence-corrected chi connectivity index (χ0v) is 18.3. The summed E-state index contributed by atoms with van der Waals surface area (Å²) >= 11 is 2.95. The molecule has 0 N–H and O–H groups in total. The van der Waals surface area contributed by atoms with Gasteiger partial charge in [-0.05, 0) is 36.6 Å². The molecule has 154 valence electrons. The van der Waals surface area contributed by atoms with E-state index in [0.717, 1.165) is 21.8 Å². The normalized spacial score (nSPS) is 15.5. The van der Waals surface area contributed by atoms with Gasteiger partial charge in [-0.25, -0.2) is 4.98 Å². The number of thiazole rings is 1. The topological polar surface area (TPSA) is 59.5 Å². The molecule has 5 nitrogen and oxygen atoms in total. The first-order valence-electron chi connectivity index (χ1n) is 9.80. The maximum atomic E-state index is 12.9. The number of hydrogen-bond acceptors (Lipinski definition) is 6. The minimum absolute atomic E-state index is 0.0180. The Balaban J connectivity index is 1.49. The predicted molar refractivity (Wildman–Crippen MR) is 124 cm³/mol. The molecule has 7 heteroatoms. The van der Waals surface area contributed by atoms with Crippen LogP contribution in [0.15, 0.2) is 71.4 Å². The number of thiophene rings is 1. The van der Waals surface area contributed by atoms with Crippen LogP contribution in [0.3, 0.4) is 0 Å². The van der Waals surface area contributed by atoms with Crippen molar-refractivity contribution in [3.63, 3.8) is 0 Å². The zero-order valence-electron chi connectivity index (χ0n) is 16.6. The lowest BCUT2D eigenvalue weighted by molar-refractivity contribution is -0.125. The third kappa shape index (κ3) is 3.78. The number of benzene rings is 2. The molecule has 5 rings (SSSR count). The molecule has 1 aliphatic heterocycles. The molecule has 0 fully saturated rings. The van der Waals surface area contributed by atoms with Gasteiger partial charge in [0.15, 0.2) is 11.9 Å². The Morgan fingerprint density at radius 2 is 1.90 bits per heavy atom. The van der Waals surface area contributed by atoms with Crippen LogP contribution in [0, 0.1) is 0 Å². The molecule has 1 unspecified atom stereocenters. The maximum Gasteiger partial charge on any atom is 0.268 e. The minimum Gasteiger partial charge on any atom is -0.479 e. The number of hydrogen-bond donors (Lipinski definition) is 0. The van der Waals surface area contributed by atoms with E-state index in [2.05, 4.69) is 0 Å². The van der Waals surface area contributed by atoms with Gasteiger partial charge in [0, 0.05) is 16.5 Å². The van der Waals surface area contributed by atoms with Crippen LogP contribution in [0.1, 0.15) is 16.6 Å². The van der Waals surface area contributed by atoms with Crippen molar-refractivity contribution in [3.05, 3.63) is 76.3 Å². The number of ketones is 1. The average Bonchev–Trinajstić information content (AvgIpc) is 3.50. The number of nitrogens with zero attached hydrogens (tertiary/aromatic N) is 2. The summed E-state index contributed by atoms with van der Waals surface area (Å²) in [6, 6.07) is 19.3. The quantitative estimate of drug-likeness (QED) is 0.378. The number of aromatic nitrogens is 1. The van der Waals surface area contributed by atoms with Gasteiger partial charge in [-0.1, -0.05) is 36.4 Å². The summed E-state index contributed by atoms with van der Waals surface area (Å²) < 4.78 is 5.79. The van der Waals surface area contributed by atoms with E-state index < -0.39 is 6.10 Å². The average molecular weight is 447 g/mol. The van der Waals surface area contributed by atoms with Crippen molar-refractivity contribution in [1.29, 1.82) is 0 Å². The van der Waals surface area contributed by atoms with Crippen molar-refractivity contribution in [2.45, 2.75) is 13.0 Å². The van der Waals surface area contributed by atoms with Crippen LogP contribution < -0.4 is 9.64 Å². The predicted octanol–water partition coefficient (Wildman–Crippen LogP) is 5.54. The second-order valence-corrected chi connectivity index (χ2v) is 8.98. The van der Waals surface area contributed by atoms with E-state index >= 15 is 0 Å². The summed E-state index contributed by atoms with van der Waals surface area (Å²) in [5.74, 6) is 0.278. The third-order valence-corrected chi connectivity index (χ3v) is 6.89. The van der Waals surface area contributed by atoms with E-state index in [9.17, 15) is 9.59 Å². The van der Waals surface area contributed by atoms with E-state index in [0.29, 0.717) is 16.3 Å². The first-order valence-corrected chi connectivity index (χ1v) is 11.6. The second-order valence-electron chi connectivity index (χ2n) is 7.17. The summed E-state index contributed by atoms with van der Waals surface area (Å²) in [5.41, 5.74) is 3.35. The highest BCUT2D eigenvalue weighted by molar-refractivity contribution is 7.13. The number of carbonyl (C=O) groups excluding carboxylic acids is 2. The van der Waals surface area contributed by atoms with Gasteiger partial charge in [-0.15, -0.1) is 22.7 Å². The number of amides is 1. The van der Waals surface area contributed by atoms with E-state index in [4.69, 9.17) is 9.72 Å². The fraction of sp³-hybridized carbons (Fsp3) is 0.125. The minimum atomic E-state index is -0.640. The lowest BCUT2D eigenvalue weighted by atomic mass is 10.1. The Morgan fingerprint density at radius 3 is 2.68 bits per heavy atom. The van der Waals surface area contributed by atoms with E-state index in [1.165, 1.54) is 16.2 Å². The molecule has 2 aromatic carbocycles. The molecule has 0 radical (unpaired) electrons. The molecule has 0 saturated heterocycles. The van der Waals surface area contributed by atoms with Gasteiger partial charge in [0.05, 0.1) is 22.8 Å². The number of Topliss-reactive ketones (excluding diaryl/α,β-unsaturated/α-hetero) is 1. The highest BCUT2D eigenvalue weighted by atomic mass is 32.1. The van der Waals surface area contributed by atoms with Gasteiger partial charge < -0.3 is 4.74 Å². The summed E-state index contributed by atoms with van der Waals surface area (Å²) in [6.07, 6.45) is -0.640. The largest absolute Gasteiger partial charge is 0.479 e. The number of anilines is 1. The molecular weight excluding hydrogens is 428 g/mol. The van der Waals surface area contributed by atoms with E-state index in [-0.39, 0.29) is 18.2 Å². The molecule has 3 heterocycles. The Labute approximate surface area is 187 Å². The van der Waals surface area contributed by atoms with E-state index in [1.807, 2.05) is 65.4 Å².